The largest absolute Gasteiger partial charge is 0.340 e. The monoisotopic (exact) mass is 242 g/mol. The molecule has 0 unspecified atom stereocenters. The predicted molar refractivity (Wildman–Crippen MR) is 67.8 cm³/mol. The molecule has 1 aromatic carbocycles. The molecule has 6 heteroatoms. The lowest BCUT2D eigenvalue weighted by molar-refractivity contribution is 0.630. The minimum Gasteiger partial charge on any atom is -0.340 e. The summed E-state index contributed by atoms with van der Waals surface area (Å²) in [5.74, 6) is 0.868. The fourth-order valence-corrected chi connectivity index (χ4v) is 1.96. The molecule has 18 heavy (non-hydrogen) atoms. The standard InChI is InChI=1S/C12H14N6/c1-8-3-2-4-10-12(8)15-11(14-10)7-18-6-9(5-13)16-17-18/h2-4,6H,5,7,13H2,1H3,(H,14,15). The van der Waals surface area contributed by atoms with Crippen molar-refractivity contribution in [2.75, 3.05) is 0 Å². The number of fused-ring (bicyclic) bond motifs is 1. The molecular formula is C12H14N6. The number of H-pyrrole nitrogens is 1. The molecule has 0 aliphatic rings. The predicted octanol–water partition coefficient (Wildman–Crippen LogP) is 0.970. The van der Waals surface area contributed by atoms with Gasteiger partial charge < -0.3 is 10.7 Å². The Balaban J connectivity index is 1.93. The lowest BCUT2D eigenvalue weighted by atomic mass is 10.2. The van der Waals surface area contributed by atoms with Gasteiger partial charge in [0.25, 0.3) is 0 Å². The van der Waals surface area contributed by atoms with E-state index in [0.29, 0.717) is 13.1 Å². The second kappa shape index (κ2) is 4.23. The third-order valence-electron chi connectivity index (χ3n) is 2.87. The van der Waals surface area contributed by atoms with Crippen LogP contribution in [0.5, 0.6) is 0 Å². The lowest BCUT2D eigenvalue weighted by Crippen LogP contribution is -2.02. The Kier molecular flexibility index (Phi) is 2.56. The zero-order valence-corrected chi connectivity index (χ0v) is 10.1. The highest BCUT2D eigenvalue weighted by Crippen LogP contribution is 2.15. The molecule has 0 saturated heterocycles. The second-order valence-corrected chi connectivity index (χ2v) is 4.27. The highest BCUT2D eigenvalue weighted by Gasteiger charge is 2.06. The molecule has 0 aliphatic carbocycles. The van der Waals surface area contributed by atoms with Crippen LogP contribution in [0.3, 0.4) is 0 Å². The van der Waals surface area contributed by atoms with Crippen LogP contribution >= 0.6 is 0 Å². The third kappa shape index (κ3) is 1.86. The molecule has 2 heterocycles. The summed E-state index contributed by atoms with van der Waals surface area (Å²) in [4.78, 5) is 7.85. The number of aryl methyl sites for hydroxylation is 1. The number of nitrogens with two attached hydrogens (primary N) is 1. The minimum absolute atomic E-state index is 0.402. The summed E-state index contributed by atoms with van der Waals surface area (Å²) < 4.78 is 1.73. The molecule has 2 aromatic heterocycles. The van der Waals surface area contributed by atoms with E-state index < -0.39 is 0 Å². The Labute approximate surface area is 104 Å². The molecule has 6 nitrogen and oxygen atoms in total. The topological polar surface area (TPSA) is 85.4 Å². The highest BCUT2D eigenvalue weighted by molar-refractivity contribution is 5.78. The molecule has 3 aromatic rings. The van der Waals surface area contributed by atoms with Gasteiger partial charge in [0.15, 0.2) is 0 Å². The van der Waals surface area contributed by atoms with E-state index in [4.69, 9.17) is 5.73 Å². The summed E-state index contributed by atoms with van der Waals surface area (Å²) in [5, 5.41) is 7.95. The number of imidazole rings is 1. The van der Waals surface area contributed by atoms with Crippen molar-refractivity contribution in [3.05, 3.63) is 41.5 Å². The zero-order valence-electron chi connectivity index (χ0n) is 10.1. The van der Waals surface area contributed by atoms with Crippen molar-refractivity contribution in [3.8, 4) is 0 Å². The van der Waals surface area contributed by atoms with Crippen LogP contribution in [0.2, 0.25) is 0 Å². The minimum atomic E-state index is 0.402. The number of aromatic nitrogens is 5. The van der Waals surface area contributed by atoms with Gasteiger partial charge in [0, 0.05) is 6.54 Å². The molecule has 0 aliphatic heterocycles. The van der Waals surface area contributed by atoms with E-state index in [1.54, 1.807) is 4.68 Å². The average Bonchev–Trinajstić information content (AvgIpc) is 2.96. The summed E-state index contributed by atoms with van der Waals surface area (Å²) in [6.45, 7) is 3.02. The maximum Gasteiger partial charge on any atom is 0.129 e. The van der Waals surface area contributed by atoms with Crippen LogP contribution in [0, 0.1) is 6.92 Å². The van der Waals surface area contributed by atoms with E-state index in [1.165, 1.54) is 0 Å². The smallest absolute Gasteiger partial charge is 0.129 e. The maximum absolute atomic E-state index is 5.50. The van der Waals surface area contributed by atoms with Crippen LogP contribution in [0.15, 0.2) is 24.4 Å². The lowest BCUT2D eigenvalue weighted by Gasteiger charge is -1.94. The van der Waals surface area contributed by atoms with Gasteiger partial charge in [0.05, 0.1) is 22.9 Å². The van der Waals surface area contributed by atoms with Gasteiger partial charge in [-0.15, -0.1) is 5.10 Å². The summed E-state index contributed by atoms with van der Waals surface area (Å²) >= 11 is 0. The van der Waals surface area contributed by atoms with Crippen molar-refractivity contribution < 1.29 is 0 Å². The number of nitrogens with one attached hydrogen (secondary N) is 1. The van der Waals surface area contributed by atoms with Gasteiger partial charge >= 0.3 is 0 Å². The molecule has 0 atom stereocenters. The third-order valence-corrected chi connectivity index (χ3v) is 2.87. The van der Waals surface area contributed by atoms with E-state index in [0.717, 1.165) is 28.1 Å². The molecule has 0 radical (unpaired) electrons. The first-order valence-electron chi connectivity index (χ1n) is 5.79. The molecule has 92 valence electrons. The number of benzene rings is 1. The van der Waals surface area contributed by atoms with Gasteiger partial charge in [-0.3, -0.25) is 0 Å². The Morgan fingerprint density at radius 3 is 3.00 bits per heavy atom. The van der Waals surface area contributed by atoms with E-state index in [-0.39, 0.29) is 0 Å². The first kappa shape index (κ1) is 10.9. The van der Waals surface area contributed by atoms with E-state index in [2.05, 4.69) is 33.3 Å². The van der Waals surface area contributed by atoms with Gasteiger partial charge in [-0.1, -0.05) is 17.3 Å². The van der Waals surface area contributed by atoms with Crippen LogP contribution in [0.25, 0.3) is 11.0 Å². The Morgan fingerprint density at radius 1 is 1.39 bits per heavy atom. The van der Waals surface area contributed by atoms with Crippen LogP contribution in [-0.2, 0) is 13.1 Å². The van der Waals surface area contributed by atoms with Gasteiger partial charge in [-0.05, 0) is 18.6 Å². The number of rotatable bonds is 3. The van der Waals surface area contributed by atoms with Crippen LogP contribution in [0.4, 0.5) is 0 Å². The Bertz CT molecular complexity index is 681. The molecule has 0 fully saturated rings. The number of nitrogens with zero attached hydrogens (tertiary/aromatic N) is 4. The van der Waals surface area contributed by atoms with E-state index in [9.17, 15) is 0 Å². The summed E-state index contributed by atoms with van der Waals surface area (Å²) in [6.07, 6.45) is 1.83. The highest BCUT2D eigenvalue weighted by atomic mass is 15.4. The van der Waals surface area contributed by atoms with Crippen molar-refractivity contribution in [2.24, 2.45) is 5.73 Å². The first-order chi connectivity index (χ1) is 8.76. The Morgan fingerprint density at radius 2 is 2.28 bits per heavy atom. The van der Waals surface area contributed by atoms with Crippen molar-refractivity contribution in [1.82, 2.24) is 25.0 Å². The van der Waals surface area contributed by atoms with Gasteiger partial charge in [0.1, 0.15) is 12.4 Å². The van der Waals surface area contributed by atoms with Crippen molar-refractivity contribution in [3.63, 3.8) is 0 Å². The van der Waals surface area contributed by atoms with Crippen LogP contribution in [0.1, 0.15) is 17.1 Å². The van der Waals surface area contributed by atoms with Crippen molar-refractivity contribution >= 4 is 11.0 Å². The number of para-hydroxylation sites is 1. The quantitative estimate of drug-likeness (QED) is 0.716. The van der Waals surface area contributed by atoms with Gasteiger partial charge in [-0.2, -0.15) is 0 Å². The van der Waals surface area contributed by atoms with Crippen molar-refractivity contribution in [1.29, 1.82) is 0 Å². The van der Waals surface area contributed by atoms with E-state index >= 15 is 0 Å². The van der Waals surface area contributed by atoms with Crippen molar-refractivity contribution in [2.45, 2.75) is 20.0 Å². The summed E-state index contributed by atoms with van der Waals surface area (Å²) in [7, 11) is 0. The molecule has 0 amide bonds. The van der Waals surface area contributed by atoms with Gasteiger partial charge in [-0.25, -0.2) is 9.67 Å². The molecule has 0 bridgehead atoms. The average molecular weight is 242 g/mol. The summed E-state index contributed by atoms with van der Waals surface area (Å²) in [6, 6.07) is 6.09. The zero-order chi connectivity index (χ0) is 12.5. The van der Waals surface area contributed by atoms with E-state index in [1.807, 2.05) is 18.3 Å². The number of hydrogen-bond acceptors (Lipinski definition) is 4. The molecule has 3 N–H and O–H groups in total. The second-order valence-electron chi connectivity index (χ2n) is 4.27. The molecular weight excluding hydrogens is 228 g/mol. The fourth-order valence-electron chi connectivity index (χ4n) is 1.96. The fraction of sp³-hybridized carbons (Fsp3) is 0.250. The molecule has 0 saturated carbocycles. The van der Waals surface area contributed by atoms with Gasteiger partial charge in [0.2, 0.25) is 0 Å². The van der Waals surface area contributed by atoms with Crippen LogP contribution < -0.4 is 5.73 Å². The Hall–Kier alpha value is -2.21. The SMILES string of the molecule is Cc1cccc2[nH]c(Cn3cc(CN)nn3)nc12. The first-order valence-corrected chi connectivity index (χ1v) is 5.79. The summed E-state index contributed by atoms with van der Waals surface area (Å²) in [5.41, 5.74) is 9.49. The number of hydrogen-bond donors (Lipinski definition) is 2. The van der Waals surface area contributed by atoms with Crippen LogP contribution in [-0.4, -0.2) is 25.0 Å². The maximum atomic E-state index is 5.50. The molecule has 0 spiro atoms. The molecule has 3 rings (SSSR count). The normalized spacial score (nSPS) is 11.2. The number of aromatic amines is 1.